The molecule has 0 aliphatic carbocycles. The highest BCUT2D eigenvalue weighted by Gasteiger charge is 2.44. The summed E-state index contributed by atoms with van der Waals surface area (Å²) in [7, 11) is 3.81. The smallest absolute Gasteiger partial charge is 0.329 e. The predicted molar refractivity (Wildman–Crippen MR) is 188 cm³/mol. The second kappa shape index (κ2) is 16.6. The molecular weight excluding hydrogens is 606 g/mol. The van der Waals surface area contributed by atoms with Gasteiger partial charge < -0.3 is 19.9 Å². The van der Waals surface area contributed by atoms with Crippen LogP contribution in [0.4, 0.5) is 0 Å². The van der Waals surface area contributed by atoms with Crippen molar-refractivity contribution in [3.8, 4) is 0 Å². The van der Waals surface area contributed by atoms with Gasteiger partial charge in [0.1, 0.15) is 18.2 Å². The maximum atomic E-state index is 14.2. The number of likely N-dealkylation sites (N-methyl/N-ethyl adjacent to an activating group) is 2. The molecule has 2 unspecified atom stereocenters. The van der Waals surface area contributed by atoms with E-state index in [0.717, 1.165) is 57.2 Å². The molecule has 10 nitrogen and oxygen atoms in total. The van der Waals surface area contributed by atoms with Gasteiger partial charge in [0.2, 0.25) is 17.7 Å². The number of amides is 3. The number of hydrogen-bond donors (Lipinski definition) is 1. The molecule has 0 spiro atoms. The minimum absolute atomic E-state index is 0.0207. The summed E-state index contributed by atoms with van der Waals surface area (Å²) in [5.74, 6) is -0.428. The van der Waals surface area contributed by atoms with Crippen molar-refractivity contribution in [2.45, 2.75) is 129 Å². The number of likely N-dealkylation sites (tertiary alicyclic amines) is 3. The molecule has 0 radical (unpaired) electrons. The van der Waals surface area contributed by atoms with Gasteiger partial charge in [0, 0.05) is 26.2 Å². The lowest BCUT2D eigenvalue weighted by Crippen LogP contribution is -2.61. The van der Waals surface area contributed by atoms with Gasteiger partial charge in [-0.2, -0.15) is 0 Å². The van der Waals surface area contributed by atoms with E-state index >= 15 is 0 Å². The van der Waals surface area contributed by atoms with Crippen molar-refractivity contribution in [3.05, 3.63) is 35.9 Å². The van der Waals surface area contributed by atoms with Crippen molar-refractivity contribution in [1.82, 2.24) is 24.9 Å². The highest BCUT2D eigenvalue weighted by atomic mass is 16.5. The molecule has 3 heterocycles. The average molecular weight is 668 g/mol. The number of hydrogen-bond acceptors (Lipinski definition) is 7. The normalized spacial score (nSPS) is 24.3. The molecule has 0 aromatic heterocycles. The maximum Gasteiger partial charge on any atom is 0.329 e. The minimum atomic E-state index is -0.679. The summed E-state index contributed by atoms with van der Waals surface area (Å²) in [6.45, 7) is 14.9. The van der Waals surface area contributed by atoms with E-state index < -0.39 is 17.5 Å². The van der Waals surface area contributed by atoms with Gasteiger partial charge in [-0.15, -0.1) is 0 Å². The molecular formula is C38H61N5O5. The third kappa shape index (κ3) is 8.97. The highest BCUT2D eigenvalue weighted by Crippen LogP contribution is 2.30. The zero-order chi connectivity index (χ0) is 35.2. The fourth-order valence-corrected chi connectivity index (χ4v) is 7.75. The van der Waals surface area contributed by atoms with Crippen LogP contribution in [0.25, 0.3) is 0 Å². The molecule has 10 heteroatoms. The Bertz CT molecular complexity index is 1250. The third-order valence-electron chi connectivity index (χ3n) is 10.8. The zero-order valence-corrected chi connectivity index (χ0v) is 30.7. The first-order valence-corrected chi connectivity index (χ1v) is 18.3. The van der Waals surface area contributed by atoms with Crippen LogP contribution in [0, 0.1) is 11.3 Å². The Hall–Kier alpha value is -2.98. The topological polar surface area (TPSA) is 102 Å². The monoisotopic (exact) mass is 667 g/mol. The molecule has 3 fully saturated rings. The van der Waals surface area contributed by atoms with Crippen LogP contribution in [0.2, 0.25) is 0 Å². The van der Waals surface area contributed by atoms with Crippen LogP contribution in [-0.2, 0) is 23.9 Å². The largest absolute Gasteiger partial charge is 0.456 e. The van der Waals surface area contributed by atoms with Crippen LogP contribution < -0.4 is 5.32 Å². The summed E-state index contributed by atoms with van der Waals surface area (Å²) in [4.78, 5) is 63.1. The van der Waals surface area contributed by atoms with E-state index in [1.54, 1.807) is 9.80 Å². The molecule has 3 aliphatic rings. The lowest BCUT2D eigenvalue weighted by Gasteiger charge is -2.41. The quantitative estimate of drug-likeness (QED) is 0.325. The molecule has 1 aromatic carbocycles. The molecule has 1 N–H and O–H groups in total. The van der Waals surface area contributed by atoms with E-state index in [1.807, 2.05) is 72.1 Å². The van der Waals surface area contributed by atoms with E-state index in [9.17, 15) is 19.2 Å². The molecule has 0 saturated carbocycles. The van der Waals surface area contributed by atoms with E-state index in [-0.39, 0.29) is 53.8 Å². The number of carbonyl (C=O) groups excluding carboxylic acids is 4. The van der Waals surface area contributed by atoms with E-state index in [1.165, 1.54) is 0 Å². The lowest BCUT2D eigenvalue weighted by molar-refractivity contribution is -0.159. The van der Waals surface area contributed by atoms with Gasteiger partial charge >= 0.3 is 5.97 Å². The highest BCUT2D eigenvalue weighted by molar-refractivity contribution is 5.91. The Balaban J connectivity index is 1.44. The fraction of sp³-hybridized carbons (Fsp3) is 0.737. The summed E-state index contributed by atoms with van der Waals surface area (Å²) in [5, 5.41) is 3.14. The maximum absolute atomic E-state index is 14.2. The second-order valence-corrected chi connectivity index (χ2v) is 15.6. The summed E-state index contributed by atoms with van der Waals surface area (Å²) in [6.07, 6.45) is 6.17. The Morgan fingerprint density at radius 1 is 0.917 bits per heavy atom. The number of ether oxygens (including phenoxy) is 1. The molecule has 0 bridgehead atoms. The Morgan fingerprint density at radius 3 is 2.19 bits per heavy atom. The first kappa shape index (κ1) is 37.8. The fourth-order valence-electron chi connectivity index (χ4n) is 7.75. The number of nitrogens with one attached hydrogen (secondary N) is 1. The van der Waals surface area contributed by atoms with Crippen LogP contribution in [0.5, 0.6) is 0 Å². The van der Waals surface area contributed by atoms with Gasteiger partial charge in [0.05, 0.1) is 12.1 Å². The molecule has 48 heavy (non-hydrogen) atoms. The first-order chi connectivity index (χ1) is 22.7. The number of esters is 1. The Labute approximate surface area is 288 Å². The number of benzene rings is 1. The van der Waals surface area contributed by atoms with E-state index in [2.05, 4.69) is 29.0 Å². The van der Waals surface area contributed by atoms with Crippen LogP contribution in [0.1, 0.15) is 105 Å². The van der Waals surface area contributed by atoms with Crippen LogP contribution in [0.15, 0.2) is 30.3 Å². The summed E-state index contributed by atoms with van der Waals surface area (Å²) < 4.78 is 5.99. The minimum Gasteiger partial charge on any atom is -0.456 e. The van der Waals surface area contributed by atoms with Gasteiger partial charge in [-0.25, -0.2) is 4.79 Å². The summed E-state index contributed by atoms with van der Waals surface area (Å²) in [5.41, 5.74) is 0.470. The third-order valence-corrected chi connectivity index (χ3v) is 10.8. The van der Waals surface area contributed by atoms with Crippen LogP contribution in [0.3, 0.4) is 0 Å². The number of carbonyl (C=O) groups is 4. The van der Waals surface area contributed by atoms with E-state index in [4.69, 9.17) is 4.74 Å². The lowest BCUT2D eigenvalue weighted by atomic mass is 9.84. The number of rotatable bonds is 12. The van der Waals surface area contributed by atoms with Crippen molar-refractivity contribution in [2.75, 3.05) is 40.3 Å². The molecule has 3 aliphatic heterocycles. The van der Waals surface area contributed by atoms with Crippen molar-refractivity contribution < 1.29 is 23.9 Å². The first-order valence-electron chi connectivity index (χ1n) is 18.3. The van der Waals surface area contributed by atoms with Gasteiger partial charge in [-0.1, -0.05) is 78.3 Å². The molecule has 6 atom stereocenters. The zero-order valence-electron chi connectivity index (χ0n) is 30.7. The number of piperidine rings is 1. The SMILES string of the molecule is CCC(OC(=O)[C@@H]1CCCN1C(=O)[C@@H]1CCCN1C[C@H](C(C)C)N(C)C(=O)[C@@H](NC(=O)C1CCCCN1C)C(C)(C)C)c1ccccc1. The van der Waals surface area contributed by atoms with Crippen LogP contribution >= 0.6 is 0 Å². The van der Waals surface area contributed by atoms with Gasteiger partial charge in [0.25, 0.3) is 0 Å². The molecule has 3 saturated heterocycles. The van der Waals surface area contributed by atoms with Crippen molar-refractivity contribution in [1.29, 1.82) is 0 Å². The van der Waals surface area contributed by atoms with Gasteiger partial charge in [-0.05, 0) is 82.0 Å². The standard InChI is InChI=1S/C38H61N5O5/c1-9-32(27-17-11-10-12-18-27)48-37(47)30-21-16-24-43(30)35(45)29-20-15-23-42(29)25-31(26(2)3)41(8)36(46)33(38(4,5)6)39-34(44)28-19-13-14-22-40(28)7/h10-12,17-18,26,28-33H,9,13-16,19-25H2,1-8H3,(H,39,44)/t28?,29-,30-,31+,32?,33+/m0/s1. The summed E-state index contributed by atoms with van der Waals surface area (Å²) in [6, 6.07) is 7.76. The van der Waals surface area contributed by atoms with Crippen molar-refractivity contribution in [3.63, 3.8) is 0 Å². The van der Waals surface area contributed by atoms with E-state index in [0.29, 0.717) is 25.9 Å². The Morgan fingerprint density at radius 2 is 1.56 bits per heavy atom. The van der Waals surface area contributed by atoms with Crippen LogP contribution in [-0.4, -0.2) is 114 Å². The average Bonchev–Trinajstić information content (AvgIpc) is 3.74. The Kier molecular flexibility index (Phi) is 13.1. The molecule has 1 aromatic rings. The molecule has 3 amide bonds. The van der Waals surface area contributed by atoms with Crippen molar-refractivity contribution in [2.24, 2.45) is 11.3 Å². The number of nitrogens with zero attached hydrogens (tertiary/aromatic N) is 4. The molecule has 4 rings (SSSR count). The van der Waals surface area contributed by atoms with Crippen molar-refractivity contribution >= 4 is 23.7 Å². The van der Waals surface area contributed by atoms with Gasteiger partial charge in [0.15, 0.2) is 0 Å². The van der Waals surface area contributed by atoms with Gasteiger partial charge in [-0.3, -0.25) is 24.2 Å². The summed E-state index contributed by atoms with van der Waals surface area (Å²) >= 11 is 0. The second-order valence-electron chi connectivity index (χ2n) is 15.6. The molecule has 268 valence electrons. The predicted octanol–water partition coefficient (Wildman–Crippen LogP) is 4.63.